The molecule has 0 saturated carbocycles. The molecule has 2 aromatic rings. The fourth-order valence-electron chi connectivity index (χ4n) is 3.93. The maximum Gasteiger partial charge on any atom is 1.00 e. The molecule has 0 radical (unpaired) electrons. The molecule has 0 bridgehead atoms. The summed E-state index contributed by atoms with van der Waals surface area (Å²) >= 11 is 0. The molecule has 0 aromatic heterocycles. The summed E-state index contributed by atoms with van der Waals surface area (Å²) < 4.78 is 34.4. The Morgan fingerprint density at radius 2 is 1.17 bits per heavy atom. The summed E-state index contributed by atoms with van der Waals surface area (Å²) in [7, 11) is -4.44. The quantitative estimate of drug-likeness (QED) is 0.252. The first-order valence-corrected chi connectivity index (χ1v) is 12.4. The Labute approximate surface area is 220 Å². The summed E-state index contributed by atoms with van der Waals surface area (Å²) in [5, 5.41) is 1.44. The molecule has 0 N–H and O–H groups in total. The normalized spacial score (nSPS) is 11.5. The van der Waals surface area contributed by atoms with Gasteiger partial charge in [-0.1, -0.05) is 108 Å². The van der Waals surface area contributed by atoms with E-state index in [4.69, 9.17) is 0 Å². The van der Waals surface area contributed by atoms with Gasteiger partial charge >= 0.3 is 51.4 Å². The van der Waals surface area contributed by atoms with Crippen molar-refractivity contribution in [3.05, 3.63) is 42.0 Å². The molecule has 0 aliphatic rings. The van der Waals surface area contributed by atoms with E-state index in [1.807, 2.05) is 18.2 Å². The number of aryl methyl sites for hydroxylation is 1. The van der Waals surface area contributed by atoms with Crippen molar-refractivity contribution in [2.45, 2.75) is 95.3 Å². The van der Waals surface area contributed by atoms with Crippen molar-refractivity contribution in [3.8, 4) is 0 Å². The van der Waals surface area contributed by atoms with Crippen LogP contribution in [0, 0.1) is 0 Å². The largest absolute Gasteiger partial charge is 1.00 e. The fraction of sp³-hybridized carbons (Fsp3) is 0.583. The third-order valence-electron chi connectivity index (χ3n) is 5.54. The minimum atomic E-state index is -4.44. The van der Waals surface area contributed by atoms with E-state index in [1.54, 1.807) is 12.1 Å². The van der Waals surface area contributed by atoms with Gasteiger partial charge in [-0.3, -0.25) is 0 Å². The molecule has 0 fully saturated rings. The van der Waals surface area contributed by atoms with E-state index < -0.39 is 10.1 Å². The third-order valence-corrected chi connectivity index (χ3v) is 6.44. The molecular weight excluding hydrogens is 407 g/mol. The van der Waals surface area contributed by atoms with E-state index in [1.165, 1.54) is 76.7 Å². The van der Waals surface area contributed by atoms with Crippen LogP contribution in [0.3, 0.4) is 0 Å². The Kier molecular flexibility index (Phi) is 14.2. The number of hydrogen-bond donors (Lipinski definition) is 0. The number of benzene rings is 2. The number of rotatable bonds is 14. The Bertz CT molecular complexity index is 818. The standard InChI is InChI=1S/C24H36O3S.K/c1-2-3-4-5-6-7-8-9-10-11-12-13-16-21-19-20-24(28(25,26)27)23-18-15-14-17-22(21)23;/h14-15,17-20H,2-13,16H2,1H3,(H,25,26,27);/q;+1/p-1. The fourth-order valence-corrected chi connectivity index (χ4v) is 4.61. The molecule has 5 heteroatoms. The van der Waals surface area contributed by atoms with Crippen molar-refractivity contribution >= 4 is 20.9 Å². The van der Waals surface area contributed by atoms with Gasteiger partial charge in [0.15, 0.2) is 0 Å². The molecule has 0 saturated heterocycles. The van der Waals surface area contributed by atoms with E-state index in [0.29, 0.717) is 5.39 Å². The van der Waals surface area contributed by atoms with Gasteiger partial charge < -0.3 is 4.55 Å². The van der Waals surface area contributed by atoms with E-state index in [-0.39, 0.29) is 56.3 Å². The van der Waals surface area contributed by atoms with Crippen molar-refractivity contribution in [2.24, 2.45) is 0 Å². The second kappa shape index (κ2) is 15.1. The predicted molar refractivity (Wildman–Crippen MR) is 117 cm³/mol. The van der Waals surface area contributed by atoms with Gasteiger partial charge in [-0.2, -0.15) is 0 Å². The first-order valence-electron chi connectivity index (χ1n) is 11.0. The zero-order valence-corrected chi connectivity index (χ0v) is 22.2. The summed E-state index contributed by atoms with van der Waals surface area (Å²) in [4.78, 5) is -0.110. The van der Waals surface area contributed by atoms with Gasteiger partial charge in [0.1, 0.15) is 10.1 Å². The molecule has 29 heavy (non-hydrogen) atoms. The van der Waals surface area contributed by atoms with Crippen LogP contribution in [-0.4, -0.2) is 13.0 Å². The molecule has 0 aliphatic carbocycles. The van der Waals surface area contributed by atoms with Crippen molar-refractivity contribution < 1.29 is 64.4 Å². The molecule has 0 heterocycles. The van der Waals surface area contributed by atoms with Crippen molar-refractivity contribution in [3.63, 3.8) is 0 Å². The first kappa shape index (κ1) is 27.3. The molecule has 0 atom stereocenters. The van der Waals surface area contributed by atoms with Crippen LogP contribution in [0.5, 0.6) is 0 Å². The minimum Gasteiger partial charge on any atom is -0.744 e. The van der Waals surface area contributed by atoms with Gasteiger partial charge in [-0.05, 0) is 35.2 Å². The van der Waals surface area contributed by atoms with E-state index in [9.17, 15) is 13.0 Å². The van der Waals surface area contributed by atoms with Crippen LogP contribution >= 0.6 is 0 Å². The summed E-state index contributed by atoms with van der Waals surface area (Å²) in [6.45, 7) is 2.26. The zero-order chi connectivity index (χ0) is 20.2. The van der Waals surface area contributed by atoms with Crippen LogP contribution in [-0.2, 0) is 16.5 Å². The van der Waals surface area contributed by atoms with Gasteiger partial charge in [-0.15, -0.1) is 0 Å². The van der Waals surface area contributed by atoms with Crippen LogP contribution in [0.15, 0.2) is 41.3 Å². The van der Waals surface area contributed by atoms with E-state index in [0.717, 1.165) is 23.8 Å². The zero-order valence-electron chi connectivity index (χ0n) is 18.3. The second-order valence-corrected chi connectivity index (χ2v) is 9.21. The van der Waals surface area contributed by atoms with Crippen LogP contribution in [0.1, 0.15) is 89.5 Å². The SMILES string of the molecule is CCCCCCCCCCCCCCc1ccc(S(=O)(=O)[O-])c2ccccc12.[K+]. The van der Waals surface area contributed by atoms with Crippen LogP contribution in [0.2, 0.25) is 0 Å². The molecular formula is C24H35KO3S. The topological polar surface area (TPSA) is 57.2 Å². The van der Waals surface area contributed by atoms with Gasteiger partial charge in [0.2, 0.25) is 0 Å². The van der Waals surface area contributed by atoms with Crippen LogP contribution in [0.25, 0.3) is 10.8 Å². The number of fused-ring (bicyclic) bond motifs is 1. The predicted octanol–water partition coefficient (Wildman–Crippen LogP) is 3.99. The van der Waals surface area contributed by atoms with E-state index >= 15 is 0 Å². The first-order chi connectivity index (χ1) is 13.5. The van der Waals surface area contributed by atoms with Gasteiger partial charge in [0.05, 0.1) is 4.90 Å². The summed E-state index contributed by atoms with van der Waals surface area (Å²) in [6.07, 6.45) is 16.8. The van der Waals surface area contributed by atoms with Gasteiger partial charge in [0, 0.05) is 0 Å². The molecule has 3 nitrogen and oxygen atoms in total. The molecule has 2 aromatic carbocycles. The van der Waals surface area contributed by atoms with Gasteiger partial charge in [-0.25, -0.2) is 8.42 Å². The average molecular weight is 443 g/mol. The smallest absolute Gasteiger partial charge is 0.744 e. The Balaban J connectivity index is 0.00000420. The van der Waals surface area contributed by atoms with Crippen molar-refractivity contribution in [1.29, 1.82) is 0 Å². The molecule has 0 unspecified atom stereocenters. The maximum absolute atomic E-state index is 11.5. The van der Waals surface area contributed by atoms with Crippen LogP contribution < -0.4 is 51.4 Å². The Morgan fingerprint density at radius 1 is 0.690 bits per heavy atom. The third kappa shape index (κ3) is 9.94. The summed E-state index contributed by atoms with van der Waals surface area (Å²) in [5.41, 5.74) is 1.13. The summed E-state index contributed by atoms with van der Waals surface area (Å²) in [5.74, 6) is 0. The monoisotopic (exact) mass is 442 g/mol. The molecule has 156 valence electrons. The number of unbranched alkanes of at least 4 members (excludes halogenated alkanes) is 11. The molecule has 2 rings (SSSR count). The maximum atomic E-state index is 11.5. The van der Waals surface area contributed by atoms with E-state index in [2.05, 4.69) is 6.92 Å². The average Bonchev–Trinajstić information content (AvgIpc) is 2.68. The molecule has 0 amide bonds. The Morgan fingerprint density at radius 3 is 1.69 bits per heavy atom. The number of hydrogen-bond acceptors (Lipinski definition) is 3. The molecule has 0 aliphatic heterocycles. The van der Waals surface area contributed by atoms with Gasteiger partial charge in [0.25, 0.3) is 0 Å². The summed E-state index contributed by atoms with van der Waals surface area (Å²) in [6, 6.07) is 10.6. The van der Waals surface area contributed by atoms with Crippen molar-refractivity contribution in [1.82, 2.24) is 0 Å². The second-order valence-electron chi connectivity index (χ2n) is 7.86. The Hall–Kier alpha value is 0.246. The van der Waals surface area contributed by atoms with Crippen LogP contribution in [0.4, 0.5) is 0 Å². The molecule has 0 spiro atoms. The minimum absolute atomic E-state index is 0. The van der Waals surface area contributed by atoms with Crippen molar-refractivity contribution in [2.75, 3.05) is 0 Å².